The second-order valence-corrected chi connectivity index (χ2v) is 10.1. The number of sulfone groups is 1. The number of ketones is 2. The molecule has 0 N–H and O–H groups in total. The van der Waals surface area contributed by atoms with Crippen LogP contribution in [-0.4, -0.2) is 32.0 Å². The molecular weight excluding hydrogens is 392 g/mol. The molecule has 7 heteroatoms. The van der Waals surface area contributed by atoms with Gasteiger partial charge in [-0.25, -0.2) is 8.42 Å². The van der Waals surface area contributed by atoms with Crippen LogP contribution in [0.1, 0.15) is 29.6 Å². The molecular formula is C19H19ClO4S2. The van der Waals surface area contributed by atoms with E-state index in [1.54, 1.807) is 6.08 Å². The van der Waals surface area contributed by atoms with Crippen LogP contribution in [0.4, 0.5) is 0 Å². The Morgan fingerprint density at radius 3 is 2.65 bits per heavy atom. The Morgan fingerprint density at radius 2 is 2.04 bits per heavy atom. The number of hydrogen-bond acceptors (Lipinski definition) is 5. The molecule has 2 aliphatic carbocycles. The van der Waals surface area contributed by atoms with Crippen molar-refractivity contribution in [2.24, 2.45) is 11.8 Å². The number of carbonyl (C=O) groups excluding carboxylic acids is 2. The molecule has 4 nitrogen and oxygen atoms in total. The molecule has 1 aromatic rings. The van der Waals surface area contributed by atoms with Gasteiger partial charge >= 0.3 is 0 Å². The molecule has 2 bridgehead atoms. The van der Waals surface area contributed by atoms with Crippen LogP contribution in [0.5, 0.6) is 0 Å². The summed E-state index contributed by atoms with van der Waals surface area (Å²) in [4.78, 5) is 26.9. The SMILES string of the molecule is C=CCSC1=C(C(=O)c2ccc(S(C)(=O)=O)cc2Cl)C(=O)C2CCC1C2. The standard InChI is InChI=1S/C19H19ClO4S2/c1-3-8-25-19-12-5-4-11(9-12)17(21)16(19)18(22)14-7-6-13(10-15(14)20)26(2,23)24/h3,6-7,10-12H,1,4-5,8-9H2,2H3. The number of Topliss-reactive ketones (excluding diaryl/α,β-unsaturated/α-hetero) is 2. The molecule has 0 heterocycles. The number of halogens is 1. The van der Waals surface area contributed by atoms with Crippen LogP contribution in [0.25, 0.3) is 0 Å². The van der Waals surface area contributed by atoms with Crippen molar-refractivity contribution in [1.29, 1.82) is 0 Å². The minimum atomic E-state index is -3.42. The van der Waals surface area contributed by atoms with Crippen LogP contribution in [0.15, 0.2) is 46.2 Å². The molecule has 3 rings (SSSR count). The quantitative estimate of drug-likeness (QED) is 0.401. The third kappa shape index (κ3) is 3.55. The van der Waals surface area contributed by atoms with Gasteiger partial charge in [0.05, 0.1) is 15.5 Å². The maximum Gasteiger partial charge on any atom is 0.198 e. The van der Waals surface area contributed by atoms with E-state index in [9.17, 15) is 18.0 Å². The Labute approximate surface area is 162 Å². The Kier molecular flexibility index (Phi) is 5.47. The van der Waals surface area contributed by atoms with Gasteiger partial charge < -0.3 is 0 Å². The predicted molar refractivity (Wildman–Crippen MR) is 104 cm³/mol. The highest BCUT2D eigenvalue weighted by Gasteiger charge is 2.43. The first-order valence-corrected chi connectivity index (χ1v) is 11.6. The van der Waals surface area contributed by atoms with Gasteiger partial charge in [-0.2, -0.15) is 0 Å². The van der Waals surface area contributed by atoms with Gasteiger partial charge in [0.2, 0.25) is 0 Å². The van der Waals surface area contributed by atoms with Crippen molar-refractivity contribution in [2.75, 3.05) is 12.0 Å². The molecule has 138 valence electrons. The summed E-state index contributed by atoms with van der Waals surface area (Å²) in [6, 6.07) is 4.02. The number of allylic oxidation sites excluding steroid dienone is 2. The number of thioether (sulfide) groups is 1. The fourth-order valence-corrected chi connectivity index (χ4v) is 5.66. The van der Waals surface area contributed by atoms with Gasteiger partial charge in [0.25, 0.3) is 0 Å². The zero-order chi connectivity index (χ0) is 19.1. The van der Waals surface area contributed by atoms with Crippen molar-refractivity contribution < 1.29 is 18.0 Å². The molecule has 0 radical (unpaired) electrons. The van der Waals surface area contributed by atoms with E-state index in [-0.39, 0.29) is 38.7 Å². The highest BCUT2D eigenvalue weighted by Crippen LogP contribution is 2.48. The van der Waals surface area contributed by atoms with Crippen molar-refractivity contribution in [1.82, 2.24) is 0 Å². The Bertz CT molecular complexity index is 931. The van der Waals surface area contributed by atoms with Gasteiger partial charge in [0, 0.05) is 28.4 Å². The Hall–Kier alpha value is -1.37. The topological polar surface area (TPSA) is 68.3 Å². The van der Waals surface area contributed by atoms with Gasteiger partial charge in [-0.05, 0) is 43.4 Å². The van der Waals surface area contributed by atoms with Crippen LogP contribution in [0.3, 0.4) is 0 Å². The molecule has 0 spiro atoms. The molecule has 2 aliphatic rings. The average Bonchev–Trinajstić information content (AvgIpc) is 3.02. The smallest absolute Gasteiger partial charge is 0.198 e. The fraction of sp³-hybridized carbons (Fsp3) is 0.368. The lowest BCUT2D eigenvalue weighted by Gasteiger charge is -2.24. The number of hydrogen-bond donors (Lipinski definition) is 0. The Morgan fingerprint density at radius 1 is 1.35 bits per heavy atom. The summed E-state index contributed by atoms with van der Waals surface area (Å²) >= 11 is 7.68. The van der Waals surface area contributed by atoms with Gasteiger partial charge in [-0.15, -0.1) is 18.3 Å². The maximum absolute atomic E-state index is 13.1. The maximum atomic E-state index is 13.1. The van der Waals surface area contributed by atoms with E-state index in [0.717, 1.165) is 30.4 Å². The predicted octanol–water partition coefficient (Wildman–Crippen LogP) is 4.10. The highest BCUT2D eigenvalue weighted by atomic mass is 35.5. The van der Waals surface area contributed by atoms with E-state index >= 15 is 0 Å². The molecule has 1 saturated carbocycles. The van der Waals surface area contributed by atoms with Gasteiger partial charge in [-0.3, -0.25) is 9.59 Å². The largest absolute Gasteiger partial charge is 0.294 e. The fourth-order valence-electron chi connectivity index (χ4n) is 3.60. The zero-order valence-corrected chi connectivity index (χ0v) is 16.7. The van der Waals surface area contributed by atoms with Crippen LogP contribution in [0, 0.1) is 11.8 Å². The molecule has 0 saturated heterocycles. The average molecular weight is 411 g/mol. The van der Waals surface area contributed by atoms with Crippen LogP contribution in [-0.2, 0) is 14.6 Å². The summed E-state index contributed by atoms with van der Waals surface area (Å²) in [6.45, 7) is 3.71. The molecule has 26 heavy (non-hydrogen) atoms. The minimum Gasteiger partial charge on any atom is -0.294 e. The van der Waals surface area contributed by atoms with E-state index in [1.165, 1.54) is 30.0 Å². The zero-order valence-electron chi connectivity index (χ0n) is 14.3. The lowest BCUT2D eigenvalue weighted by Crippen LogP contribution is -2.26. The first kappa shape index (κ1) is 19.4. The lowest BCUT2D eigenvalue weighted by molar-refractivity contribution is -0.119. The van der Waals surface area contributed by atoms with Crippen LogP contribution in [0.2, 0.25) is 5.02 Å². The molecule has 0 aromatic heterocycles. The van der Waals surface area contributed by atoms with Crippen LogP contribution >= 0.6 is 23.4 Å². The summed E-state index contributed by atoms with van der Waals surface area (Å²) in [6.07, 6.45) is 5.34. The van der Waals surface area contributed by atoms with E-state index in [2.05, 4.69) is 6.58 Å². The first-order valence-electron chi connectivity index (χ1n) is 8.30. The third-order valence-corrected chi connectivity index (χ3v) is 7.54. The highest BCUT2D eigenvalue weighted by molar-refractivity contribution is 8.03. The molecule has 2 atom stereocenters. The lowest BCUT2D eigenvalue weighted by atomic mass is 9.84. The molecule has 2 unspecified atom stereocenters. The minimum absolute atomic E-state index is 0.0456. The molecule has 1 aromatic carbocycles. The summed E-state index contributed by atoms with van der Waals surface area (Å²) in [5.41, 5.74) is 0.394. The van der Waals surface area contributed by atoms with Crippen molar-refractivity contribution in [2.45, 2.75) is 24.2 Å². The van der Waals surface area contributed by atoms with E-state index in [0.29, 0.717) is 5.75 Å². The molecule has 0 amide bonds. The van der Waals surface area contributed by atoms with Crippen molar-refractivity contribution >= 4 is 44.8 Å². The number of carbonyl (C=O) groups is 2. The number of rotatable bonds is 6. The second kappa shape index (κ2) is 7.33. The summed E-state index contributed by atoms with van der Waals surface area (Å²) < 4.78 is 23.3. The van der Waals surface area contributed by atoms with E-state index in [1.807, 2.05) is 0 Å². The van der Waals surface area contributed by atoms with Crippen LogP contribution < -0.4 is 0 Å². The third-order valence-electron chi connectivity index (χ3n) is 4.86. The van der Waals surface area contributed by atoms with Gasteiger partial charge in [0.15, 0.2) is 21.4 Å². The van der Waals surface area contributed by atoms with Crippen molar-refractivity contribution in [3.63, 3.8) is 0 Å². The first-order chi connectivity index (χ1) is 12.2. The van der Waals surface area contributed by atoms with Crippen molar-refractivity contribution in [3.05, 3.63) is 51.9 Å². The summed E-state index contributed by atoms with van der Waals surface area (Å²) in [5.74, 6) is 0.236. The number of benzene rings is 1. The molecule has 0 aliphatic heterocycles. The summed E-state index contributed by atoms with van der Waals surface area (Å²) in [5, 5.41) is 0.0456. The molecule has 1 fully saturated rings. The van der Waals surface area contributed by atoms with E-state index < -0.39 is 15.6 Å². The Balaban J connectivity index is 2.06. The van der Waals surface area contributed by atoms with Gasteiger partial charge in [-0.1, -0.05) is 17.7 Å². The van der Waals surface area contributed by atoms with Crippen molar-refractivity contribution in [3.8, 4) is 0 Å². The van der Waals surface area contributed by atoms with E-state index in [4.69, 9.17) is 11.6 Å². The monoisotopic (exact) mass is 410 g/mol. The van der Waals surface area contributed by atoms with Gasteiger partial charge in [0.1, 0.15) is 0 Å². The second-order valence-electron chi connectivity index (χ2n) is 6.65. The number of fused-ring (bicyclic) bond motifs is 2. The normalized spacial score (nSPS) is 22.6. The summed E-state index contributed by atoms with van der Waals surface area (Å²) in [7, 11) is -3.42.